The summed E-state index contributed by atoms with van der Waals surface area (Å²) in [5, 5.41) is 1.02. The Hall–Kier alpha value is -1.68. The first-order chi connectivity index (χ1) is 10.7. The monoisotopic (exact) mass is 314 g/mol. The molecule has 0 N–H and O–H groups in total. The molecule has 3 rings (SSSR count). The van der Waals surface area contributed by atoms with Crippen LogP contribution < -0.4 is 0 Å². The van der Waals surface area contributed by atoms with Crippen LogP contribution in [-0.2, 0) is 24.2 Å². The van der Waals surface area contributed by atoms with E-state index in [4.69, 9.17) is 0 Å². The molecule has 1 aliphatic rings. The molecule has 3 nitrogen and oxygen atoms in total. The van der Waals surface area contributed by atoms with Crippen molar-refractivity contribution in [2.45, 2.75) is 45.1 Å². The second kappa shape index (κ2) is 6.61. The van der Waals surface area contributed by atoms with E-state index >= 15 is 0 Å². The quantitative estimate of drug-likeness (QED) is 0.860. The Balaban J connectivity index is 1.73. The number of likely N-dealkylation sites (N-methyl/N-ethyl adjacent to an activating group) is 1. The van der Waals surface area contributed by atoms with Gasteiger partial charge in [-0.15, -0.1) is 11.3 Å². The lowest BCUT2D eigenvalue weighted by Gasteiger charge is -2.28. The number of nitrogens with zero attached hydrogens (tertiary/aromatic N) is 2. The predicted molar refractivity (Wildman–Crippen MR) is 90.1 cm³/mol. The Morgan fingerprint density at radius 1 is 1.41 bits per heavy atom. The van der Waals surface area contributed by atoms with E-state index in [1.54, 1.807) is 11.3 Å². The summed E-state index contributed by atoms with van der Waals surface area (Å²) in [5.74, 6) is 0.237. The molecule has 0 aliphatic heterocycles. The number of rotatable bonds is 4. The summed E-state index contributed by atoms with van der Waals surface area (Å²) in [7, 11) is 1.90. The normalized spacial score (nSPS) is 17.1. The third kappa shape index (κ3) is 3.07. The van der Waals surface area contributed by atoms with Gasteiger partial charge in [-0.3, -0.25) is 4.79 Å². The second-order valence-electron chi connectivity index (χ2n) is 5.91. The van der Waals surface area contributed by atoms with E-state index < -0.39 is 0 Å². The van der Waals surface area contributed by atoms with Gasteiger partial charge in [-0.05, 0) is 36.8 Å². The molecule has 1 atom stereocenters. The van der Waals surface area contributed by atoms with E-state index in [0.29, 0.717) is 6.54 Å². The summed E-state index contributed by atoms with van der Waals surface area (Å²) in [6, 6.07) is 8.38. The summed E-state index contributed by atoms with van der Waals surface area (Å²) in [6.07, 6.45) is 6.08. The van der Waals surface area contributed by atoms with Crippen molar-refractivity contribution in [3.05, 3.63) is 51.5 Å². The maximum atomic E-state index is 12.8. The van der Waals surface area contributed by atoms with Crippen molar-refractivity contribution in [3.63, 3.8) is 0 Å². The summed E-state index contributed by atoms with van der Waals surface area (Å²) in [6.45, 7) is 2.74. The standard InChI is InChI=1S/C18H22N2OS/c1-3-14-11-19-17(22-14)12-20(2)18(21)16-10-6-8-13-7-4-5-9-15(13)16/h4-5,7,9,11,16H,3,6,8,10,12H2,1-2H3. The minimum atomic E-state index is 0.0144. The van der Waals surface area contributed by atoms with Gasteiger partial charge < -0.3 is 4.90 Å². The van der Waals surface area contributed by atoms with Crippen molar-refractivity contribution in [3.8, 4) is 0 Å². The highest BCUT2D eigenvalue weighted by Gasteiger charge is 2.28. The molecule has 1 aromatic heterocycles. The van der Waals surface area contributed by atoms with Gasteiger partial charge >= 0.3 is 0 Å². The van der Waals surface area contributed by atoms with Gasteiger partial charge in [0.15, 0.2) is 0 Å². The zero-order valence-corrected chi connectivity index (χ0v) is 14.0. The molecule has 0 saturated carbocycles. The Kier molecular flexibility index (Phi) is 4.57. The minimum absolute atomic E-state index is 0.0144. The van der Waals surface area contributed by atoms with Crippen molar-refractivity contribution in [2.75, 3.05) is 7.05 Å². The van der Waals surface area contributed by atoms with Crippen LogP contribution in [0.2, 0.25) is 0 Å². The third-order valence-corrected chi connectivity index (χ3v) is 5.49. The fourth-order valence-electron chi connectivity index (χ4n) is 3.14. The third-order valence-electron chi connectivity index (χ3n) is 4.37. The van der Waals surface area contributed by atoms with Gasteiger partial charge in [0.1, 0.15) is 5.01 Å². The lowest BCUT2D eigenvalue weighted by Crippen LogP contribution is -2.33. The molecule has 0 radical (unpaired) electrons. The molecule has 0 bridgehead atoms. The van der Waals surface area contributed by atoms with Crippen LogP contribution >= 0.6 is 11.3 Å². The number of amides is 1. The highest BCUT2D eigenvalue weighted by Crippen LogP contribution is 2.33. The van der Waals surface area contributed by atoms with Gasteiger partial charge in [0.25, 0.3) is 0 Å². The van der Waals surface area contributed by atoms with Crippen LogP contribution in [0.1, 0.15) is 46.7 Å². The molecule has 1 unspecified atom stereocenters. The topological polar surface area (TPSA) is 33.2 Å². The maximum absolute atomic E-state index is 12.8. The summed E-state index contributed by atoms with van der Waals surface area (Å²) < 4.78 is 0. The first-order valence-electron chi connectivity index (χ1n) is 7.95. The summed E-state index contributed by atoms with van der Waals surface area (Å²) in [5.41, 5.74) is 2.56. The Labute approximate surface area is 136 Å². The van der Waals surface area contributed by atoms with E-state index in [1.807, 2.05) is 24.2 Å². The van der Waals surface area contributed by atoms with E-state index in [1.165, 1.54) is 16.0 Å². The van der Waals surface area contributed by atoms with Gasteiger partial charge in [-0.1, -0.05) is 31.2 Å². The summed E-state index contributed by atoms with van der Waals surface area (Å²) >= 11 is 1.71. The zero-order valence-electron chi connectivity index (χ0n) is 13.2. The Bertz CT molecular complexity index is 665. The van der Waals surface area contributed by atoms with Gasteiger partial charge in [-0.2, -0.15) is 0 Å². The molecule has 2 aromatic rings. The van der Waals surface area contributed by atoms with Gasteiger partial charge in [0, 0.05) is 18.1 Å². The van der Waals surface area contributed by atoms with Gasteiger partial charge in [0.2, 0.25) is 5.91 Å². The van der Waals surface area contributed by atoms with Crippen LogP contribution in [0.4, 0.5) is 0 Å². The molecular weight excluding hydrogens is 292 g/mol. The van der Waals surface area contributed by atoms with Crippen molar-refractivity contribution >= 4 is 17.2 Å². The Morgan fingerprint density at radius 3 is 3.00 bits per heavy atom. The molecule has 116 valence electrons. The largest absolute Gasteiger partial charge is 0.338 e. The van der Waals surface area contributed by atoms with E-state index in [2.05, 4.69) is 30.1 Å². The van der Waals surface area contributed by atoms with E-state index in [9.17, 15) is 4.79 Å². The SMILES string of the molecule is CCc1cnc(CN(C)C(=O)C2CCCc3ccccc32)s1. The highest BCUT2D eigenvalue weighted by atomic mass is 32.1. The average Bonchev–Trinajstić information content (AvgIpc) is 3.01. The smallest absolute Gasteiger partial charge is 0.230 e. The van der Waals surface area contributed by atoms with Crippen LogP contribution in [0.5, 0.6) is 0 Å². The number of aryl methyl sites for hydroxylation is 2. The number of carbonyl (C=O) groups is 1. The van der Waals surface area contributed by atoms with Crippen LogP contribution in [0.3, 0.4) is 0 Å². The van der Waals surface area contributed by atoms with Gasteiger partial charge in [0.05, 0.1) is 12.5 Å². The summed E-state index contributed by atoms with van der Waals surface area (Å²) in [4.78, 5) is 20.4. The number of thiazole rings is 1. The molecule has 1 amide bonds. The lowest BCUT2D eigenvalue weighted by atomic mass is 9.82. The molecule has 1 heterocycles. The van der Waals surface area contributed by atoms with E-state index in [-0.39, 0.29) is 11.8 Å². The number of aromatic nitrogens is 1. The molecule has 0 spiro atoms. The molecular formula is C18H22N2OS. The molecule has 22 heavy (non-hydrogen) atoms. The predicted octanol–water partition coefficient (Wildman–Crippen LogP) is 3.78. The number of carbonyl (C=O) groups excluding carboxylic acids is 1. The van der Waals surface area contributed by atoms with E-state index in [0.717, 1.165) is 30.7 Å². The zero-order chi connectivity index (χ0) is 15.5. The molecule has 1 aromatic carbocycles. The molecule has 1 aliphatic carbocycles. The fourth-order valence-corrected chi connectivity index (χ4v) is 4.06. The minimum Gasteiger partial charge on any atom is -0.338 e. The van der Waals surface area contributed by atoms with Crippen molar-refractivity contribution < 1.29 is 4.79 Å². The average molecular weight is 314 g/mol. The van der Waals surface area contributed by atoms with Crippen LogP contribution in [0.25, 0.3) is 0 Å². The van der Waals surface area contributed by atoms with Crippen LogP contribution in [-0.4, -0.2) is 22.8 Å². The van der Waals surface area contributed by atoms with Crippen LogP contribution in [0.15, 0.2) is 30.5 Å². The molecule has 0 saturated heterocycles. The number of benzene rings is 1. The van der Waals surface area contributed by atoms with Gasteiger partial charge in [-0.25, -0.2) is 4.98 Å². The molecule has 0 fully saturated rings. The van der Waals surface area contributed by atoms with Crippen molar-refractivity contribution in [1.82, 2.24) is 9.88 Å². The highest BCUT2D eigenvalue weighted by molar-refractivity contribution is 7.11. The number of hydrogen-bond donors (Lipinski definition) is 0. The fraction of sp³-hybridized carbons (Fsp3) is 0.444. The first kappa shape index (κ1) is 15.2. The number of fused-ring (bicyclic) bond motifs is 1. The van der Waals surface area contributed by atoms with Crippen molar-refractivity contribution in [2.24, 2.45) is 0 Å². The maximum Gasteiger partial charge on any atom is 0.230 e. The van der Waals surface area contributed by atoms with Crippen molar-refractivity contribution in [1.29, 1.82) is 0 Å². The van der Waals surface area contributed by atoms with Crippen LogP contribution in [0, 0.1) is 0 Å². The Morgan fingerprint density at radius 2 is 2.23 bits per heavy atom. The number of hydrogen-bond acceptors (Lipinski definition) is 3. The second-order valence-corrected chi connectivity index (χ2v) is 7.11. The first-order valence-corrected chi connectivity index (χ1v) is 8.77. The lowest BCUT2D eigenvalue weighted by molar-refractivity contribution is -0.132. The molecule has 4 heteroatoms.